The second-order valence-electron chi connectivity index (χ2n) is 9.98. The van der Waals surface area contributed by atoms with Gasteiger partial charge in [0.05, 0.1) is 21.7 Å². The average molecular weight is 602 g/mol. The molecule has 1 fully saturated rings. The Morgan fingerprint density at radius 3 is 2.32 bits per heavy atom. The molecule has 0 radical (unpaired) electrons. The fourth-order valence-corrected chi connectivity index (χ4v) is 7.64. The molecule has 0 saturated carbocycles. The zero-order valence-corrected chi connectivity index (χ0v) is 25.4. The summed E-state index contributed by atoms with van der Waals surface area (Å²) in [5, 5.41) is 1.04. The summed E-state index contributed by atoms with van der Waals surface area (Å²) < 4.78 is 34.3. The monoisotopic (exact) mass is 600 g/mol. The van der Waals surface area contributed by atoms with Gasteiger partial charge in [0.2, 0.25) is 10.0 Å². The number of carbonyl (C=O) groups excluding carboxylic acids is 1. The van der Waals surface area contributed by atoms with Crippen LogP contribution < -0.4 is 9.64 Å². The quantitative estimate of drug-likeness (QED) is 0.351. The maximum absolute atomic E-state index is 13.7. The Morgan fingerprint density at radius 2 is 1.74 bits per heavy atom. The summed E-state index contributed by atoms with van der Waals surface area (Å²) in [6.07, 6.45) is 1.02. The predicted octanol–water partition coefficient (Wildman–Crippen LogP) is 5.26. The third-order valence-electron chi connectivity index (χ3n) is 6.49. The van der Waals surface area contributed by atoms with Gasteiger partial charge in [0, 0.05) is 31.7 Å². The molecule has 2 heterocycles. The molecule has 0 bridgehead atoms. The van der Waals surface area contributed by atoms with Crippen LogP contribution in [-0.2, 0) is 10.0 Å². The fourth-order valence-electron chi connectivity index (χ4n) is 4.68. The third-order valence-corrected chi connectivity index (χ3v) is 9.87. The normalized spacial score (nSPS) is 18.4. The zero-order chi connectivity index (χ0) is 26.9. The van der Waals surface area contributed by atoms with Gasteiger partial charge in [-0.25, -0.2) is 13.4 Å². The Labute approximate surface area is 240 Å². The fraction of sp³-hybridized carbons (Fsp3) is 0.462. The van der Waals surface area contributed by atoms with Gasteiger partial charge in [0.15, 0.2) is 5.13 Å². The highest BCUT2D eigenvalue weighted by Crippen LogP contribution is 2.39. The molecule has 2 unspecified atom stereocenters. The van der Waals surface area contributed by atoms with E-state index in [2.05, 4.69) is 13.8 Å². The molecule has 1 aliphatic heterocycles. The van der Waals surface area contributed by atoms with E-state index in [1.165, 1.54) is 23.5 Å². The molecule has 38 heavy (non-hydrogen) atoms. The standard InChI is InChI=1S/C26H33ClN4O4S2.ClH/c1-17-14-18(2)16-30(15-17)37(33,34)20-8-6-19(7-9-20)25(32)31(13-12-29(3)4)26-28-23-22(35-5)11-10-21(27)24(23)36-26;/h6-11,17-18H,12-16H2,1-5H3;1H. The minimum atomic E-state index is -3.63. The van der Waals surface area contributed by atoms with Crippen molar-refractivity contribution in [1.82, 2.24) is 14.2 Å². The number of rotatable bonds is 8. The van der Waals surface area contributed by atoms with E-state index < -0.39 is 10.0 Å². The van der Waals surface area contributed by atoms with Crippen molar-refractivity contribution in [3.05, 3.63) is 47.0 Å². The van der Waals surface area contributed by atoms with Crippen LogP contribution in [0.3, 0.4) is 0 Å². The highest BCUT2D eigenvalue weighted by atomic mass is 35.5. The van der Waals surface area contributed by atoms with Crippen molar-refractivity contribution in [3.63, 3.8) is 0 Å². The molecule has 0 aliphatic carbocycles. The molecule has 8 nitrogen and oxygen atoms in total. The number of halogens is 2. The number of thiazole rings is 1. The second kappa shape index (κ2) is 12.5. The van der Waals surface area contributed by atoms with Gasteiger partial charge in [-0.05, 0) is 68.8 Å². The molecule has 3 aromatic rings. The van der Waals surface area contributed by atoms with Crippen molar-refractivity contribution in [1.29, 1.82) is 0 Å². The number of fused-ring (bicyclic) bond motifs is 1. The van der Waals surface area contributed by atoms with Gasteiger partial charge < -0.3 is 9.64 Å². The highest BCUT2D eigenvalue weighted by molar-refractivity contribution is 7.89. The van der Waals surface area contributed by atoms with Crippen LogP contribution in [0.5, 0.6) is 5.75 Å². The SMILES string of the molecule is COc1ccc(Cl)c2sc(N(CCN(C)C)C(=O)c3ccc(S(=O)(=O)N4CC(C)CC(C)C4)cc3)nc12.Cl. The third kappa shape index (κ3) is 6.43. The Balaban J connectivity index is 0.00000400. The van der Waals surface area contributed by atoms with Gasteiger partial charge in [-0.3, -0.25) is 9.69 Å². The van der Waals surface area contributed by atoms with Crippen molar-refractivity contribution in [3.8, 4) is 5.75 Å². The molecule has 2 atom stereocenters. The number of aromatic nitrogens is 1. The number of anilines is 1. The van der Waals surface area contributed by atoms with Gasteiger partial charge in [-0.15, -0.1) is 12.4 Å². The summed E-state index contributed by atoms with van der Waals surface area (Å²) in [4.78, 5) is 22.2. The molecule has 1 aromatic heterocycles. The number of amides is 1. The first-order chi connectivity index (χ1) is 17.5. The van der Waals surface area contributed by atoms with Crippen LogP contribution in [0, 0.1) is 11.8 Å². The summed E-state index contributed by atoms with van der Waals surface area (Å²) in [6.45, 7) is 6.18. The van der Waals surface area contributed by atoms with Gasteiger partial charge in [0.25, 0.3) is 5.91 Å². The number of carbonyl (C=O) groups is 1. The number of benzene rings is 2. The molecule has 4 rings (SSSR count). The summed E-state index contributed by atoms with van der Waals surface area (Å²) in [5.41, 5.74) is 0.986. The van der Waals surface area contributed by atoms with Crippen LogP contribution in [-0.4, -0.2) is 75.9 Å². The summed E-state index contributed by atoms with van der Waals surface area (Å²) >= 11 is 7.74. The smallest absolute Gasteiger partial charge is 0.260 e. The van der Waals surface area contributed by atoms with E-state index in [1.54, 1.807) is 40.6 Å². The number of hydrogen-bond acceptors (Lipinski definition) is 7. The number of likely N-dealkylation sites (N-methyl/N-ethyl adjacent to an activating group) is 1. The van der Waals surface area contributed by atoms with Gasteiger partial charge in [-0.1, -0.05) is 36.8 Å². The minimum absolute atomic E-state index is 0. The van der Waals surface area contributed by atoms with Crippen LogP contribution in [0.1, 0.15) is 30.6 Å². The number of piperidine rings is 1. The van der Waals surface area contributed by atoms with Gasteiger partial charge in [-0.2, -0.15) is 4.31 Å². The number of methoxy groups -OCH3 is 1. The summed E-state index contributed by atoms with van der Waals surface area (Å²) in [7, 11) is 1.80. The van der Waals surface area contributed by atoms with E-state index in [9.17, 15) is 13.2 Å². The van der Waals surface area contributed by atoms with Gasteiger partial charge >= 0.3 is 0 Å². The van der Waals surface area contributed by atoms with Crippen molar-refractivity contribution >= 4 is 66.6 Å². The van der Waals surface area contributed by atoms with E-state index in [0.717, 1.165) is 11.1 Å². The summed E-state index contributed by atoms with van der Waals surface area (Å²) in [5.74, 6) is 0.939. The Kier molecular flexibility index (Phi) is 10.1. The molecule has 1 amide bonds. The van der Waals surface area contributed by atoms with Crippen molar-refractivity contribution in [2.75, 3.05) is 52.3 Å². The van der Waals surface area contributed by atoms with E-state index in [-0.39, 0.29) is 23.2 Å². The highest BCUT2D eigenvalue weighted by Gasteiger charge is 2.32. The molecular formula is C26H34Cl2N4O4S2. The molecule has 12 heteroatoms. The minimum Gasteiger partial charge on any atom is -0.494 e. The summed E-state index contributed by atoms with van der Waals surface area (Å²) in [6, 6.07) is 9.71. The molecule has 0 spiro atoms. The van der Waals surface area contributed by atoms with Crippen LogP contribution in [0.4, 0.5) is 5.13 Å². The maximum atomic E-state index is 13.7. The van der Waals surface area contributed by atoms with Gasteiger partial charge in [0.1, 0.15) is 11.3 Å². The molecular weight excluding hydrogens is 567 g/mol. The first-order valence-corrected chi connectivity index (χ1v) is 14.8. The molecule has 0 N–H and O–H groups in total. The first kappa shape index (κ1) is 30.6. The second-order valence-corrected chi connectivity index (χ2v) is 13.3. The molecule has 1 saturated heterocycles. The number of sulfonamides is 1. The number of ether oxygens (including phenoxy) is 1. The Hall–Kier alpha value is -1.95. The van der Waals surface area contributed by atoms with Crippen molar-refractivity contribution < 1.29 is 17.9 Å². The average Bonchev–Trinajstić information content (AvgIpc) is 3.29. The van der Waals surface area contributed by atoms with E-state index >= 15 is 0 Å². The largest absolute Gasteiger partial charge is 0.494 e. The maximum Gasteiger partial charge on any atom is 0.260 e. The Bertz CT molecular complexity index is 1370. The number of nitrogens with zero attached hydrogens (tertiary/aromatic N) is 4. The first-order valence-electron chi connectivity index (χ1n) is 12.2. The topological polar surface area (TPSA) is 83.0 Å². The predicted molar refractivity (Wildman–Crippen MR) is 157 cm³/mol. The van der Waals surface area contributed by atoms with Crippen LogP contribution in [0.2, 0.25) is 5.02 Å². The molecule has 2 aromatic carbocycles. The van der Waals surface area contributed by atoms with E-state index in [0.29, 0.717) is 65.0 Å². The van der Waals surface area contributed by atoms with E-state index in [1.807, 2.05) is 19.0 Å². The lowest BCUT2D eigenvalue weighted by atomic mass is 9.94. The number of hydrogen-bond donors (Lipinski definition) is 0. The lowest BCUT2D eigenvalue weighted by Crippen LogP contribution is -2.42. The van der Waals surface area contributed by atoms with Crippen LogP contribution in [0.15, 0.2) is 41.3 Å². The van der Waals surface area contributed by atoms with Crippen molar-refractivity contribution in [2.24, 2.45) is 11.8 Å². The molecule has 1 aliphatic rings. The zero-order valence-electron chi connectivity index (χ0n) is 22.2. The lowest BCUT2D eigenvalue weighted by Gasteiger charge is -2.34. The van der Waals surface area contributed by atoms with Crippen LogP contribution in [0.25, 0.3) is 10.2 Å². The molecule has 208 valence electrons. The van der Waals surface area contributed by atoms with Crippen LogP contribution >= 0.6 is 35.3 Å². The Morgan fingerprint density at radius 1 is 1.11 bits per heavy atom. The van der Waals surface area contributed by atoms with E-state index in [4.69, 9.17) is 21.3 Å². The van der Waals surface area contributed by atoms with Crippen molar-refractivity contribution in [2.45, 2.75) is 25.2 Å². The lowest BCUT2D eigenvalue weighted by molar-refractivity contribution is 0.0985.